The molecule has 0 bridgehead atoms. The molecule has 0 radical (unpaired) electrons. The molecule has 3 rings (SSSR count). The normalized spacial score (nSPS) is 20.3. The number of piperidine rings is 1. The van der Waals surface area contributed by atoms with Gasteiger partial charge < -0.3 is 19.9 Å². The monoisotopic (exact) mass is 485 g/mol. The molecule has 0 aromatic heterocycles. The SMILES string of the molecule is CC(C)(C)OC(=O)c1cc(C2CC2)c(O[C@H]2CNCC(F)(F)C2)cc1F.O=C(O)C(F)(F)F. The number of carboxylic acid groups (broad SMARTS) is 1. The molecule has 12 heteroatoms. The van der Waals surface area contributed by atoms with Gasteiger partial charge in [0, 0.05) is 12.6 Å². The summed E-state index contributed by atoms with van der Waals surface area (Å²) in [5, 5.41) is 9.76. The first-order valence-electron chi connectivity index (χ1n) is 10.1. The van der Waals surface area contributed by atoms with Crippen molar-refractivity contribution in [2.45, 2.75) is 69.8 Å². The lowest BCUT2D eigenvalue weighted by Gasteiger charge is -2.30. The van der Waals surface area contributed by atoms with Crippen LogP contribution >= 0.6 is 0 Å². The fourth-order valence-corrected chi connectivity index (χ4v) is 3.03. The molecule has 2 N–H and O–H groups in total. The Hall–Kier alpha value is -2.50. The van der Waals surface area contributed by atoms with Crippen molar-refractivity contribution in [2.24, 2.45) is 0 Å². The number of benzene rings is 1. The van der Waals surface area contributed by atoms with E-state index in [1.807, 2.05) is 0 Å². The van der Waals surface area contributed by atoms with Crippen LogP contribution in [0.25, 0.3) is 0 Å². The highest BCUT2D eigenvalue weighted by atomic mass is 19.4. The number of nitrogens with one attached hydrogen (secondary N) is 1. The van der Waals surface area contributed by atoms with Crippen LogP contribution < -0.4 is 10.1 Å². The van der Waals surface area contributed by atoms with Gasteiger partial charge in [0.1, 0.15) is 23.3 Å². The molecule has 1 aliphatic carbocycles. The first-order chi connectivity index (χ1) is 15.0. The predicted octanol–water partition coefficient (Wildman–Crippen LogP) is 4.67. The number of halogens is 6. The zero-order valence-corrected chi connectivity index (χ0v) is 18.2. The highest BCUT2D eigenvalue weighted by molar-refractivity contribution is 5.90. The van der Waals surface area contributed by atoms with E-state index in [0.717, 1.165) is 18.9 Å². The van der Waals surface area contributed by atoms with E-state index < -0.39 is 48.0 Å². The third kappa shape index (κ3) is 8.41. The molecular weight excluding hydrogens is 460 g/mol. The fourth-order valence-electron chi connectivity index (χ4n) is 3.03. The Bertz CT molecular complexity index is 877. The van der Waals surface area contributed by atoms with E-state index in [0.29, 0.717) is 5.56 Å². The second kappa shape index (κ2) is 9.78. The van der Waals surface area contributed by atoms with Crippen LogP contribution in [0.1, 0.15) is 61.9 Å². The summed E-state index contributed by atoms with van der Waals surface area (Å²) in [6.45, 7) is 5.01. The zero-order chi connectivity index (χ0) is 25.2. The van der Waals surface area contributed by atoms with Gasteiger partial charge in [0.15, 0.2) is 0 Å². The number of ether oxygens (including phenoxy) is 2. The maximum absolute atomic E-state index is 14.5. The molecule has 0 unspecified atom stereocenters. The Kier molecular flexibility index (Phi) is 7.93. The smallest absolute Gasteiger partial charge is 0.488 e. The molecule has 2 fully saturated rings. The minimum atomic E-state index is -5.08. The van der Waals surface area contributed by atoms with Crippen molar-refractivity contribution in [1.82, 2.24) is 5.32 Å². The molecule has 6 nitrogen and oxygen atoms in total. The number of carboxylic acids is 1. The average molecular weight is 485 g/mol. The summed E-state index contributed by atoms with van der Waals surface area (Å²) >= 11 is 0. The van der Waals surface area contributed by atoms with Crippen LogP contribution in [0.4, 0.5) is 26.3 Å². The minimum absolute atomic E-state index is 0.152. The van der Waals surface area contributed by atoms with E-state index in [1.54, 1.807) is 20.8 Å². The zero-order valence-electron chi connectivity index (χ0n) is 18.2. The van der Waals surface area contributed by atoms with E-state index in [2.05, 4.69) is 5.32 Å². The van der Waals surface area contributed by atoms with Gasteiger partial charge in [-0.15, -0.1) is 0 Å². The first kappa shape index (κ1) is 26.7. The summed E-state index contributed by atoms with van der Waals surface area (Å²) in [4.78, 5) is 21.1. The molecule has 1 aromatic carbocycles. The van der Waals surface area contributed by atoms with Crippen molar-refractivity contribution >= 4 is 11.9 Å². The van der Waals surface area contributed by atoms with Crippen LogP contribution in [-0.2, 0) is 9.53 Å². The largest absolute Gasteiger partial charge is 0.490 e. The van der Waals surface area contributed by atoms with Gasteiger partial charge in [-0.05, 0) is 51.2 Å². The number of hydrogen-bond acceptors (Lipinski definition) is 5. The van der Waals surface area contributed by atoms with E-state index in [-0.39, 0.29) is 30.3 Å². The molecule has 1 aromatic rings. The molecule has 1 saturated heterocycles. The first-order valence-corrected chi connectivity index (χ1v) is 10.1. The topological polar surface area (TPSA) is 84.9 Å². The summed E-state index contributed by atoms with van der Waals surface area (Å²) < 4.78 is 84.3. The average Bonchev–Trinajstić information content (AvgIpc) is 3.44. The molecule has 1 aliphatic heterocycles. The molecule has 1 heterocycles. The number of rotatable bonds is 4. The van der Waals surface area contributed by atoms with Crippen LogP contribution in [0.2, 0.25) is 0 Å². The highest BCUT2D eigenvalue weighted by Crippen LogP contribution is 2.45. The van der Waals surface area contributed by atoms with Gasteiger partial charge in [0.05, 0.1) is 18.5 Å². The Labute approximate surface area is 186 Å². The van der Waals surface area contributed by atoms with Gasteiger partial charge in [-0.1, -0.05) is 0 Å². The van der Waals surface area contributed by atoms with Gasteiger partial charge >= 0.3 is 18.1 Å². The fraction of sp³-hybridized carbons (Fsp3) is 0.619. The third-order valence-electron chi connectivity index (χ3n) is 4.55. The maximum Gasteiger partial charge on any atom is 0.490 e. The number of aliphatic carboxylic acids is 1. The molecule has 1 atom stereocenters. The molecule has 2 aliphatic rings. The van der Waals surface area contributed by atoms with Gasteiger partial charge in [-0.2, -0.15) is 13.2 Å². The lowest BCUT2D eigenvalue weighted by atomic mass is 10.0. The third-order valence-corrected chi connectivity index (χ3v) is 4.55. The van der Waals surface area contributed by atoms with Crippen molar-refractivity contribution in [3.05, 3.63) is 29.1 Å². The van der Waals surface area contributed by atoms with Gasteiger partial charge in [0.2, 0.25) is 0 Å². The van der Waals surface area contributed by atoms with Crippen LogP contribution in [0, 0.1) is 5.82 Å². The molecular formula is C21H25F6NO5. The van der Waals surface area contributed by atoms with Crippen molar-refractivity contribution < 1.29 is 50.5 Å². The lowest BCUT2D eigenvalue weighted by molar-refractivity contribution is -0.192. The van der Waals surface area contributed by atoms with Crippen LogP contribution in [-0.4, -0.2) is 53.9 Å². The summed E-state index contributed by atoms with van der Waals surface area (Å²) in [6, 6.07) is 2.57. The Morgan fingerprint density at radius 2 is 1.73 bits per heavy atom. The number of hydrogen-bond donors (Lipinski definition) is 2. The van der Waals surface area contributed by atoms with Crippen LogP contribution in [0.15, 0.2) is 12.1 Å². The molecule has 0 amide bonds. The van der Waals surface area contributed by atoms with E-state index in [4.69, 9.17) is 19.4 Å². The Balaban J connectivity index is 0.000000479. The maximum atomic E-state index is 14.5. The quantitative estimate of drug-likeness (QED) is 0.477. The van der Waals surface area contributed by atoms with Gasteiger partial charge in [0.25, 0.3) is 5.92 Å². The summed E-state index contributed by atoms with van der Waals surface area (Å²) in [5.74, 6) is -6.72. The van der Waals surface area contributed by atoms with Crippen LogP contribution in [0.3, 0.4) is 0 Å². The second-order valence-corrected chi connectivity index (χ2v) is 8.88. The number of alkyl halides is 5. The van der Waals surface area contributed by atoms with E-state index in [1.165, 1.54) is 6.07 Å². The van der Waals surface area contributed by atoms with Crippen LogP contribution in [0.5, 0.6) is 5.75 Å². The Morgan fingerprint density at radius 3 is 2.18 bits per heavy atom. The Morgan fingerprint density at radius 1 is 1.15 bits per heavy atom. The minimum Gasteiger partial charge on any atom is -0.488 e. The summed E-state index contributed by atoms with van der Waals surface area (Å²) in [5.41, 5.74) is -0.208. The van der Waals surface area contributed by atoms with E-state index >= 15 is 0 Å². The standard InChI is InChI=1S/C19H24F3NO3.C2HF3O2/c1-18(2,3)26-17(24)14-6-13(11-4-5-11)16(7-15(14)20)25-12-8-19(21,22)10-23-9-12;3-2(4,5)1(6)7/h6-7,11-12,23H,4-5,8-10H2,1-3H3;(H,6,7)/t12-;/m1./s1. The van der Waals surface area contributed by atoms with Crippen molar-refractivity contribution in [2.75, 3.05) is 13.1 Å². The van der Waals surface area contributed by atoms with Crippen molar-refractivity contribution in [3.8, 4) is 5.75 Å². The summed E-state index contributed by atoms with van der Waals surface area (Å²) in [7, 11) is 0. The van der Waals surface area contributed by atoms with Gasteiger partial charge in [-0.25, -0.2) is 22.8 Å². The number of carbonyl (C=O) groups excluding carboxylic acids is 1. The molecule has 1 saturated carbocycles. The molecule has 186 valence electrons. The lowest BCUT2D eigenvalue weighted by Crippen LogP contribution is -2.48. The number of esters is 1. The summed E-state index contributed by atoms with van der Waals surface area (Å²) in [6.07, 6.45) is -4.45. The number of carbonyl (C=O) groups is 2. The second-order valence-electron chi connectivity index (χ2n) is 8.88. The van der Waals surface area contributed by atoms with Crippen molar-refractivity contribution in [1.29, 1.82) is 0 Å². The van der Waals surface area contributed by atoms with Gasteiger partial charge in [-0.3, -0.25) is 0 Å². The highest BCUT2D eigenvalue weighted by Gasteiger charge is 2.39. The van der Waals surface area contributed by atoms with E-state index in [9.17, 15) is 31.1 Å². The molecule has 0 spiro atoms. The predicted molar refractivity (Wildman–Crippen MR) is 104 cm³/mol. The molecule has 33 heavy (non-hydrogen) atoms. The van der Waals surface area contributed by atoms with Crippen molar-refractivity contribution in [3.63, 3.8) is 0 Å².